The fourth-order valence-corrected chi connectivity index (χ4v) is 1.45. The fraction of sp³-hybridized carbons (Fsp3) is 0.385. The second-order valence-electron chi connectivity index (χ2n) is 3.10. The van der Waals surface area contributed by atoms with Gasteiger partial charge in [-0.25, -0.2) is 0 Å². The SMILES string of the molecule is C/C=C\c1c(OC)ccc(C)c1[N+](=O)[O-].CC. The maximum Gasteiger partial charge on any atom is 0.283 e. The van der Waals surface area contributed by atoms with E-state index in [0.717, 1.165) is 0 Å². The number of hydrogen-bond donors (Lipinski definition) is 0. The summed E-state index contributed by atoms with van der Waals surface area (Å²) >= 11 is 0. The normalized spacial score (nSPS) is 9.71. The van der Waals surface area contributed by atoms with E-state index in [9.17, 15) is 10.1 Å². The van der Waals surface area contributed by atoms with E-state index in [1.54, 1.807) is 31.2 Å². The predicted molar refractivity (Wildman–Crippen MR) is 70.4 cm³/mol. The Hall–Kier alpha value is -1.84. The molecule has 0 saturated heterocycles. The Morgan fingerprint density at radius 2 is 1.94 bits per heavy atom. The standard InChI is InChI=1S/C11H13NO3.C2H6/c1-4-5-9-10(15-3)7-6-8(2)11(9)12(13)14;1-2/h4-7H,1-3H3;1-2H3/b5-4-;. The monoisotopic (exact) mass is 237 g/mol. The average molecular weight is 237 g/mol. The molecule has 0 fully saturated rings. The zero-order chi connectivity index (χ0) is 13.4. The second kappa shape index (κ2) is 7.44. The van der Waals surface area contributed by atoms with Crippen LogP contribution >= 0.6 is 0 Å². The maximum absolute atomic E-state index is 10.9. The van der Waals surface area contributed by atoms with Gasteiger partial charge in [-0.05, 0) is 32.1 Å². The van der Waals surface area contributed by atoms with Crippen molar-refractivity contribution in [1.82, 2.24) is 0 Å². The van der Waals surface area contributed by atoms with Crippen molar-refractivity contribution in [2.75, 3.05) is 7.11 Å². The van der Waals surface area contributed by atoms with Crippen molar-refractivity contribution in [2.24, 2.45) is 0 Å². The summed E-state index contributed by atoms with van der Waals surface area (Å²) in [5.41, 5.74) is 1.26. The molecule has 1 rings (SSSR count). The van der Waals surface area contributed by atoms with Crippen molar-refractivity contribution >= 4 is 11.8 Å². The first-order valence-corrected chi connectivity index (χ1v) is 5.56. The van der Waals surface area contributed by atoms with Gasteiger partial charge in [0.15, 0.2) is 0 Å². The fourth-order valence-electron chi connectivity index (χ4n) is 1.45. The molecule has 0 heterocycles. The molecule has 0 unspecified atom stereocenters. The minimum atomic E-state index is -0.382. The van der Waals surface area contributed by atoms with Gasteiger partial charge in [0.1, 0.15) is 5.75 Å². The van der Waals surface area contributed by atoms with Crippen molar-refractivity contribution in [3.63, 3.8) is 0 Å². The molecule has 4 nitrogen and oxygen atoms in total. The summed E-state index contributed by atoms with van der Waals surface area (Å²) in [6, 6.07) is 3.42. The Kier molecular flexibility index (Phi) is 6.63. The Balaban J connectivity index is 0.00000121. The molecule has 0 bridgehead atoms. The van der Waals surface area contributed by atoms with Crippen molar-refractivity contribution in [1.29, 1.82) is 0 Å². The Morgan fingerprint density at radius 3 is 2.35 bits per heavy atom. The van der Waals surface area contributed by atoms with Gasteiger partial charge in [-0.1, -0.05) is 19.9 Å². The Morgan fingerprint density at radius 1 is 1.35 bits per heavy atom. The summed E-state index contributed by atoms with van der Waals surface area (Å²) < 4.78 is 5.09. The van der Waals surface area contributed by atoms with Gasteiger partial charge in [0, 0.05) is 5.56 Å². The van der Waals surface area contributed by atoms with Crippen LogP contribution in [0.2, 0.25) is 0 Å². The first kappa shape index (κ1) is 15.2. The molecule has 0 atom stereocenters. The number of ether oxygens (including phenoxy) is 1. The van der Waals surface area contributed by atoms with Gasteiger partial charge in [0.25, 0.3) is 5.69 Å². The molecule has 1 aromatic rings. The largest absolute Gasteiger partial charge is 0.496 e. The highest BCUT2D eigenvalue weighted by molar-refractivity contribution is 5.69. The number of benzene rings is 1. The van der Waals surface area contributed by atoms with Crippen LogP contribution < -0.4 is 4.74 Å². The smallest absolute Gasteiger partial charge is 0.283 e. The van der Waals surface area contributed by atoms with Crippen molar-refractivity contribution in [3.8, 4) is 5.75 Å². The number of allylic oxidation sites excluding steroid dienone is 1. The van der Waals surface area contributed by atoms with E-state index in [0.29, 0.717) is 16.9 Å². The molecular formula is C13H19NO3. The minimum absolute atomic E-state index is 0.104. The Labute approximate surface area is 102 Å². The number of rotatable bonds is 3. The maximum atomic E-state index is 10.9. The first-order valence-electron chi connectivity index (χ1n) is 5.56. The molecule has 0 saturated carbocycles. The minimum Gasteiger partial charge on any atom is -0.496 e. The van der Waals surface area contributed by atoms with Crippen molar-refractivity contribution in [3.05, 3.63) is 39.4 Å². The van der Waals surface area contributed by atoms with Crippen LogP contribution in [0.15, 0.2) is 18.2 Å². The summed E-state index contributed by atoms with van der Waals surface area (Å²) in [6.45, 7) is 7.52. The topological polar surface area (TPSA) is 52.4 Å². The highest BCUT2D eigenvalue weighted by atomic mass is 16.6. The lowest BCUT2D eigenvalue weighted by molar-refractivity contribution is -0.385. The molecule has 0 aliphatic heterocycles. The van der Waals surface area contributed by atoms with E-state index < -0.39 is 0 Å². The van der Waals surface area contributed by atoms with Crippen molar-refractivity contribution in [2.45, 2.75) is 27.7 Å². The summed E-state index contributed by atoms with van der Waals surface area (Å²) in [6.07, 6.45) is 3.44. The molecule has 94 valence electrons. The number of methoxy groups -OCH3 is 1. The van der Waals surface area contributed by atoms with Gasteiger partial charge in [-0.2, -0.15) is 0 Å². The molecule has 0 radical (unpaired) electrons. The molecule has 0 aliphatic carbocycles. The van der Waals surface area contributed by atoms with E-state index in [4.69, 9.17) is 4.74 Å². The molecule has 0 aromatic heterocycles. The van der Waals surface area contributed by atoms with Gasteiger partial charge in [-0.15, -0.1) is 0 Å². The van der Waals surface area contributed by atoms with E-state index in [1.807, 2.05) is 20.8 Å². The molecule has 17 heavy (non-hydrogen) atoms. The lowest BCUT2D eigenvalue weighted by Gasteiger charge is -2.07. The van der Waals surface area contributed by atoms with Crippen LogP contribution in [0.3, 0.4) is 0 Å². The van der Waals surface area contributed by atoms with Crippen LogP contribution in [-0.2, 0) is 0 Å². The molecule has 0 N–H and O–H groups in total. The predicted octanol–water partition coefficient (Wildman–Crippen LogP) is 3.97. The van der Waals surface area contributed by atoms with Crippen LogP contribution in [0, 0.1) is 17.0 Å². The molecule has 1 aromatic carbocycles. The molecule has 0 amide bonds. The molecular weight excluding hydrogens is 218 g/mol. The van der Waals surface area contributed by atoms with Crippen molar-refractivity contribution < 1.29 is 9.66 Å². The lowest BCUT2D eigenvalue weighted by atomic mass is 10.1. The lowest BCUT2D eigenvalue weighted by Crippen LogP contribution is -1.97. The van der Waals surface area contributed by atoms with Gasteiger partial charge >= 0.3 is 0 Å². The first-order chi connectivity index (χ1) is 8.11. The molecule has 0 aliphatic rings. The quantitative estimate of drug-likeness (QED) is 0.590. The third-order valence-electron chi connectivity index (χ3n) is 2.11. The van der Waals surface area contributed by atoms with Crippen LogP contribution in [0.25, 0.3) is 6.08 Å². The summed E-state index contributed by atoms with van der Waals surface area (Å²) in [5, 5.41) is 10.9. The number of nitro benzene ring substituents is 1. The zero-order valence-electron chi connectivity index (χ0n) is 11.0. The number of aryl methyl sites for hydroxylation is 1. The molecule has 4 heteroatoms. The third kappa shape index (κ3) is 3.59. The van der Waals surface area contributed by atoms with Crippen LogP contribution in [-0.4, -0.2) is 12.0 Å². The second-order valence-corrected chi connectivity index (χ2v) is 3.10. The summed E-state index contributed by atoms with van der Waals surface area (Å²) in [5.74, 6) is 0.519. The number of hydrogen-bond acceptors (Lipinski definition) is 3. The highest BCUT2D eigenvalue weighted by Crippen LogP contribution is 2.32. The summed E-state index contributed by atoms with van der Waals surface area (Å²) in [4.78, 5) is 10.5. The van der Waals surface area contributed by atoms with E-state index in [-0.39, 0.29) is 10.6 Å². The number of nitrogens with zero attached hydrogens (tertiary/aromatic N) is 1. The van der Waals surface area contributed by atoms with Crippen LogP contribution in [0.1, 0.15) is 31.9 Å². The van der Waals surface area contributed by atoms with Gasteiger partial charge in [0.2, 0.25) is 0 Å². The summed E-state index contributed by atoms with van der Waals surface area (Å²) in [7, 11) is 1.50. The van der Waals surface area contributed by atoms with Crippen LogP contribution in [0.4, 0.5) is 5.69 Å². The van der Waals surface area contributed by atoms with Gasteiger partial charge < -0.3 is 4.74 Å². The average Bonchev–Trinajstić information content (AvgIpc) is 2.32. The molecule has 0 spiro atoms. The third-order valence-corrected chi connectivity index (χ3v) is 2.11. The Bertz CT molecular complexity index is 411. The van der Waals surface area contributed by atoms with Crippen LogP contribution in [0.5, 0.6) is 5.75 Å². The van der Waals surface area contributed by atoms with E-state index in [1.165, 1.54) is 7.11 Å². The zero-order valence-corrected chi connectivity index (χ0v) is 11.0. The number of nitro groups is 1. The van der Waals surface area contributed by atoms with Gasteiger partial charge in [-0.3, -0.25) is 10.1 Å². The van der Waals surface area contributed by atoms with E-state index in [2.05, 4.69) is 0 Å². The van der Waals surface area contributed by atoms with E-state index >= 15 is 0 Å². The highest BCUT2D eigenvalue weighted by Gasteiger charge is 2.19. The van der Waals surface area contributed by atoms with Gasteiger partial charge in [0.05, 0.1) is 17.6 Å².